The summed E-state index contributed by atoms with van der Waals surface area (Å²) in [5, 5.41) is 14.7. The topological polar surface area (TPSA) is 84.9 Å². The number of carboxylic acid groups (broad SMARTS) is 1. The summed E-state index contributed by atoms with van der Waals surface area (Å²) in [6.07, 6.45) is 1.68. The van der Waals surface area contributed by atoms with Gasteiger partial charge in [0.25, 0.3) is 8.32 Å². The zero-order chi connectivity index (χ0) is 27.9. The van der Waals surface area contributed by atoms with Crippen LogP contribution in [0.3, 0.4) is 0 Å². The quantitative estimate of drug-likeness (QED) is 0.315. The fourth-order valence-corrected chi connectivity index (χ4v) is 9.38. The molecule has 0 aromatic heterocycles. The highest BCUT2D eigenvalue weighted by molar-refractivity contribution is 6.99. The Balaban J connectivity index is 2.48. The highest BCUT2D eigenvalue weighted by Crippen LogP contribution is 2.37. The average molecular weight is 526 g/mol. The Kier molecular flexibility index (Phi) is 10.3. The van der Waals surface area contributed by atoms with Gasteiger partial charge in [0.2, 0.25) is 0 Å². The van der Waals surface area contributed by atoms with Crippen molar-refractivity contribution in [3.05, 3.63) is 72.3 Å². The van der Waals surface area contributed by atoms with E-state index >= 15 is 0 Å². The van der Waals surface area contributed by atoms with Gasteiger partial charge in [-0.3, -0.25) is 0 Å². The highest BCUT2D eigenvalue weighted by Gasteiger charge is 2.50. The predicted molar refractivity (Wildman–Crippen MR) is 152 cm³/mol. The number of hydrogen-bond donors (Lipinski definition) is 2. The number of ether oxygens (including phenoxy) is 1. The van der Waals surface area contributed by atoms with Crippen molar-refractivity contribution in [2.75, 3.05) is 6.61 Å². The van der Waals surface area contributed by atoms with Crippen molar-refractivity contribution in [2.45, 2.75) is 78.5 Å². The molecular weight excluding hydrogens is 482 g/mol. The van der Waals surface area contributed by atoms with Crippen molar-refractivity contribution in [2.24, 2.45) is 5.92 Å². The monoisotopic (exact) mass is 525 g/mol. The van der Waals surface area contributed by atoms with Crippen molar-refractivity contribution in [3.8, 4) is 0 Å². The van der Waals surface area contributed by atoms with Gasteiger partial charge in [-0.2, -0.15) is 0 Å². The molecule has 2 rings (SSSR count). The first-order valence-electron chi connectivity index (χ1n) is 12.9. The first kappa shape index (κ1) is 30.3. The minimum Gasteiger partial charge on any atom is -0.480 e. The standard InChI is InChI=1S/C30H43NO5Si/c1-9-22(25(10-2)26(27(32)33)31-28(34)36-29(3,4)5)21-35-37(30(6,7)8,23-17-13-11-14-18-23)24-19-15-12-16-20-24/h9,11-20,25-26H,10,21H2,1-8H3,(H,31,34)(H,32,33)/b22-9+/t25-,26+/m1/s1. The molecule has 7 heteroatoms. The molecule has 2 atom stereocenters. The third-order valence-corrected chi connectivity index (χ3v) is 11.5. The molecule has 0 radical (unpaired) electrons. The van der Waals surface area contributed by atoms with Gasteiger partial charge in [-0.15, -0.1) is 0 Å². The normalized spacial score (nSPS) is 14.5. The van der Waals surface area contributed by atoms with Gasteiger partial charge in [0.05, 0.1) is 6.61 Å². The lowest BCUT2D eigenvalue weighted by Crippen LogP contribution is -2.66. The van der Waals surface area contributed by atoms with Crippen molar-refractivity contribution in [1.82, 2.24) is 5.32 Å². The summed E-state index contributed by atoms with van der Waals surface area (Å²) in [4.78, 5) is 24.8. The van der Waals surface area contributed by atoms with Gasteiger partial charge in [0, 0.05) is 5.92 Å². The van der Waals surface area contributed by atoms with Crippen LogP contribution in [0, 0.1) is 5.92 Å². The van der Waals surface area contributed by atoms with E-state index in [9.17, 15) is 14.7 Å². The SMILES string of the molecule is C/C=C(\CO[Si](c1ccccc1)(c1ccccc1)C(C)(C)C)[C@@H](CC)[C@H](NC(=O)OC(C)(C)C)C(=O)O. The molecule has 202 valence electrons. The summed E-state index contributed by atoms with van der Waals surface area (Å²) in [5.41, 5.74) is 0.101. The molecule has 0 heterocycles. The molecule has 37 heavy (non-hydrogen) atoms. The molecule has 6 nitrogen and oxygen atoms in total. The summed E-state index contributed by atoms with van der Waals surface area (Å²) in [7, 11) is -2.81. The number of allylic oxidation sites excluding steroid dienone is 1. The molecule has 0 unspecified atom stereocenters. The molecule has 2 N–H and O–H groups in total. The Hall–Kier alpha value is -2.90. The van der Waals surface area contributed by atoms with Crippen LogP contribution in [0.1, 0.15) is 61.8 Å². The molecule has 2 aromatic carbocycles. The van der Waals surface area contributed by atoms with Crippen LogP contribution in [-0.4, -0.2) is 43.7 Å². The molecule has 2 aromatic rings. The van der Waals surface area contributed by atoms with E-state index in [1.807, 2.05) is 56.3 Å². The first-order valence-corrected chi connectivity index (χ1v) is 14.8. The number of carbonyl (C=O) groups excluding carboxylic acids is 1. The Morgan fingerprint density at radius 1 is 0.946 bits per heavy atom. The fraction of sp³-hybridized carbons (Fsp3) is 0.467. The van der Waals surface area contributed by atoms with E-state index in [1.165, 1.54) is 0 Å². The van der Waals surface area contributed by atoms with Crippen LogP contribution in [0.2, 0.25) is 5.04 Å². The molecule has 0 bridgehead atoms. The van der Waals surface area contributed by atoms with Gasteiger partial charge >= 0.3 is 12.1 Å². The Bertz CT molecular complexity index is 1020. The second-order valence-electron chi connectivity index (χ2n) is 11.3. The summed E-state index contributed by atoms with van der Waals surface area (Å²) in [6.45, 7) is 15.9. The zero-order valence-electron chi connectivity index (χ0n) is 23.5. The van der Waals surface area contributed by atoms with Crippen LogP contribution in [0.15, 0.2) is 72.3 Å². The third kappa shape index (κ3) is 7.55. The minimum atomic E-state index is -2.81. The van der Waals surface area contributed by atoms with Gasteiger partial charge in [-0.25, -0.2) is 9.59 Å². The Morgan fingerprint density at radius 2 is 1.43 bits per heavy atom. The number of alkyl carbamates (subject to hydrolysis) is 1. The number of nitrogens with one attached hydrogen (secondary N) is 1. The smallest absolute Gasteiger partial charge is 0.408 e. The average Bonchev–Trinajstić information content (AvgIpc) is 2.82. The molecule has 0 fully saturated rings. The minimum absolute atomic E-state index is 0.211. The number of amides is 1. The van der Waals surface area contributed by atoms with Crippen LogP contribution < -0.4 is 15.7 Å². The summed E-state index contributed by atoms with van der Waals surface area (Å²) >= 11 is 0. The lowest BCUT2D eigenvalue weighted by atomic mass is 9.89. The van der Waals surface area contributed by atoms with Crippen molar-refractivity contribution >= 4 is 30.8 Å². The maximum Gasteiger partial charge on any atom is 0.408 e. The van der Waals surface area contributed by atoms with E-state index in [-0.39, 0.29) is 11.6 Å². The van der Waals surface area contributed by atoms with E-state index < -0.39 is 37.9 Å². The van der Waals surface area contributed by atoms with E-state index in [0.29, 0.717) is 6.42 Å². The molecule has 0 saturated carbocycles. The Morgan fingerprint density at radius 3 is 1.78 bits per heavy atom. The van der Waals surface area contributed by atoms with Crippen molar-refractivity contribution in [3.63, 3.8) is 0 Å². The van der Waals surface area contributed by atoms with Gasteiger partial charge in [-0.1, -0.05) is 94.4 Å². The largest absolute Gasteiger partial charge is 0.480 e. The van der Waals surface area contributed by atoms with Gasteiger partial charge < -0.3 is 19.6 Å². The maximum atomic E-state index is 12.5. The number of rotatable bonds is 10. The number of aliphatic carboxylic acids is 1. The van der Waals surface area contributed by atoms with Crippen molar-refractivity contribution < 1.29 is 23.9 Å². The van der Waals surface area contributed by atoms with E-state index in [1.54, 1.807) is 20.8 Å². The second kappa shape index (κ2) is 12.6. The van der Waals surface area contributed by atoms with Crippen LogP contribution in [-0.2, 0) is 14.0 Å². The summed E-state index contributed by atoms with van der Waals surface area (Å²) in [6, 6.07) is 19.5. The van der Waals surface area contributed by atoms with Crippen LogP contribution in [0.25, 0.3) is 0 Å². The fourth-order valence-electron chi connectivity index (χ4n) is 4.84. The van der Waals surface area contributed by atoms with Crippen LogP contribution in [0.4, 0.5) is 4.79 Å². The third-order valence-electron chi connectivity index (χ3n) is 6.50. The van der Waals surface area contributed by atoms with Gasteiger partial charge in [0.15, 0.2) is 0 Å². The lowest BCUT2D eigenvalue weighted by Gasteiger charge is -2.43. The van der Waals surface area contributed by atoms with Gasteiger partial charge in [-0.05, 0) is 55.1 Å². The highest BCUT2D eigenvalue weighted by atomic mass is 28.4. The molecule has 0 saturated heterocycles. The molecule has 0 aliphatic carbocycles. The van der Waals surface area contributed by atoms with Crippen LogP contribution in [0.5, 0.6) is 0 Å². The van der Waals surface area contributed by atoms with Gasteiger partial charge in [0.1, 0.15) is 11.6 Å². The molecule has 1 amide bonds. The summed E-state index contributed by atoms with van der Waals surface area (Å²) < 4.78 is 12.4. The predicted octanol–water partition coefficient (Wildman–Crippen LogP) is 5.51. The second-order valence-corrected chi connectivity index (χ2v) is 15.6. The van der Waals surface area contributed by atoms with E-state index in [0.717, 1.165) is 15.9 Å². The Labute approximate surface area is 223 Å². The van der Waals surface area contributed by atoms with Crippen molar-refractivity contribution in [1.29, 1.82) is 0 Å². The first-order chi connectivity index (χ1) is 17.3. The molecule has 0 aliphatic heterocycles. The number of carbonyl (C=O) groups is 2. The van der Waals surface area contributed by atoms with Crippen LogP contribution >= 0.6 is 0 Å². The van der Waals surface area contributed by atoms with E-state index in [2.05, 4.69) is 50.4 Å². The molecule has 0 aliphatic rings. The van der Waals surface area contributed by atoms with E-state index in [4.69, 9.17) is 9.16 Å². The summed E-state index contributed by atoms with van der Waals surface area (Å²) in [5.74, 6) is -1.57. The number of carboxylic acids is 1. The molecule has 0 spiro atoms. The number of hydrogen-bond acceptors (Lipinski definition) is 4. The molecular formula is C30H43NO5Si. The zero-order valence-corrected chi connectivity index (χ0v) is 24.5. The lowest BCUT2D eigenvalue weighted by molar-refractivity contribution is -0.140. The maximum absolute atomic E-state index is 12.5. The number of benzene rings is 2.